The highest BCUT2D eigenvalue weighted by Crippen LogP contribution is 2.44. The number of aliphatic carboxylic acids is 1. The number of benzene rings is 4. The highest BCUT2D eigenvalue weighted by Gasteiger charge is 2.29. The maximum atomic E-state index is 15.0. The fraction of sp³-hybridized carbons (Fsp3) is 0.156. The van der Waals surface area contributed by atoms with Crippen molar-refractivity contribution in [2.45, 2.75) is 18.9 Å². The summed E-state index contributed by atoms with van der Waals surface area (Å²) in [6.45, 7) is 0.217. The van der Waals surface area contributed by atoms with Crippen LogP contribution < -0.4 is 5.32 Å². The number of carbonyl (C=O) groups is 3. The van der Waals surface area contributed by atoms with Crippen LogP contribution in [0.4, 0.5) is 14.9 Å². The molecule has 7 nitrogen and oxygen atoms in total. The molecule has 0 saturated carbocycles. The Balaban J connectivity index is 1.25. The summed E-state index contributed by atoms with van der Waals surface area (Å²) in [6.07, 6.45) is -1.06. The molecule has 8 heteroatoms. The minimum absolute atomic E-state index is 0.0373. The maximum Gasteiger partial charge on any atom is 0.411 e. The first kappa shape index (κ1) is 26.6. The van der Waals surface area contributed by atoms with E-state index in [1.165, 1.54) is 17.0 Å². The molecule has 5 rings (SSSR count). The Labute approximate surface area is 230 Å². The molecular formula is C32H27FN2O5. The van der Waals surface area contributed by atoms with E-state index in [4.69, 9.17) is 9.84 Å². The van der Waals surface area contributed by atoms with Gasteiger partial charge < -0.3 is 14.7 Å². The van der Waals surface area contributed by atoms with Gasteiger partial charge in [-0.05, 0) is 46.0 Å². The first-order valence-electron chi connectivity index (χ1n) is 12.9. The Bertz CT molecular complexity index is 1510. The Kier molecular flexibility index (Phi) is 7.87. The van der Waals surface area contributed by atoms with Gasteiger partial charge in [-0.15, -0.1) is 0 Å². The van der Waals surface area contributed by atoms with E-state index in [9.17, 15) is 18.8 Å². The van der Waals surface area contributed by atoms with Crippen LogP contribution >= 0.6 is 0 Å². The lowest BCUT2D eigenvalue weighted by Gasteiger charge is -2.22. The van der Waals surface area contributed by atoms with Crippen LogP contribution in [0.3, 0.4) is 0 Å². The molecule has 0 atom stereocenters. The van der Waals surface area contributed by atoms with Gasteiger partial charge in [0.1, 0.15) is 12.4 Å². The number of rotatable bonds is 9. The van der Waals surface area contributed by atoms with Crippen molar-refractivity contribution in [1.29, 1.82) is 0 Å². The van der Waals surface area contributed by atoms with E-state index in [-0.39, 0.29) is 43.3 Å². The molecule has 202 valence electrons. The summed E-state index contributed by atoms with van der Waals surface area (Å²) in [5.74, 6) is -2.50. The summed E-state index contributed by atoms with van der Waals surface area (Å²) in [5, 5.41) is 11.5. The van der Waals surface area contributed by atoms with Gasteiger partial charge in [0.25, 0.3) is 5.91 Å². The molecule has 1 aliphatic rings. The minimum Gasteiger partial charge on any atom is -0.481 e. The molecule has 2 amide bonds. The lowest BCUT2D eigenvalue weighted by atomic mass is 9.98. The lowest BCUT2D eigenvalue weighted by molar-refractivity contribution is -0.137. The van der Waals surface area contributed by atoms with Crippen LogP contribution in [0, 0.1) is 5.82 Å². The number of ether oxygens (including phenoxy) is 1. The smallest absolute Gasteiger partial charge is 0.411 e. The number of carboxylic acids is 1. The number of hydrogen-bond acceptors (Lipinski definition) is 4. The normalized spacial score (nSPS) is 11.8. The molecule has 0 spiro atoms. The fourth-order valence-electron chi connectivity index (χ4n) is 4.96. The maximum absolute atomic E-state index is 15.0. The van der Waals surface area contributed by atoms with Crippen LogP contribution in [0.1, 0.15) is 39.4 Å². The van der Waals surface area contributed by atoms with Crippen molar-refractivity contribution in [3.63, 3.8) is 0 Å². The van der Waals surface area contributed by atoms with E-state index < -0.39 is 23.8 Å². The topological polar surface area (TPSA) is 95.9 Å². The number of carboxylic acid groups (broad SMARTS) is 1. The van der Waals surface area contributed by atoms with Gasteiger partial charge in [-0.1, -0.05) is 78.9 Å². The molecule has 40 heavy (non-hydrogen) atoms. The van der Waals surface area contributed by atoms with Gasteiger partial charge in [-0.2, -0.15) is 0 Å². The van der Waals surface area contributed by atoms with E-state index in [2.05, 4.69) is 5.32 Å². The number of amides is 2. The first-order valence-corrected chi connectivity index (χ1v) is 12.9. The lowest BCUT2D eigenvalue weighted by Crippen LogP contribution is -2.32. The van der Waals surface area contributed by atoms with Crippen molar-refractivity contribution >= 4 is 23.7 Å². The van der Waals surface area contributed by atoms with E-state index in [1.54, 1.807) is 0 Å². The van der Waals surface area contributed by atoms with Crippen molar-refractivity contribution in [3.8, 4) is 11.1 Å². The number of fused-ring (bicyclic) bond motifs is 3. The van der Waals surface area contributed by atoms with E-state index >= 15 is 0 Å². The summed E-state index contributed by atoms with van der Waals surface area (Å²) in [5.41, 5.74) is 5.05. The second-order valence-electron chi connectivity index (χ2n) is 9.50. The van der Waals surface area contributed by atoms with Crippen molar-refractivity contribution < 1.29 is 28.6 Å². The van der Waals surface area contributed by atoms with Gasteiger partial charge in [0.15, 0.2) is 0 Å². The average molecular weight is 539 g/mol. The second kappa shape index (κ2) is 11.8. The number of nitrogens with one attached hydrogen (secondary N) is 1. The Morgan fingerprint density at radius 1 is 0.850 bits per heavy atom. The van der Waals surface area contributed by atoms with Crippen molar-refractivity contribution in [3.05, 3.63) is 125 Å². The molecule has 0 heterocycles. The zero-order chi connectivity index (χ0) is 28.1. The summed E-state index contributed by atoms with van der Waals surface area (Å²) in [4.78, 5) is 38.2. The van der Waals surface area contributed by atoms with Crippen LogP contribution in [0.15, 0.2) is 97.1 Å². The minimum atomic E-state index is -1.04. The number of halogens is 1. The average Bonchev–Trinajstić information content (AvgIpc) is 3.29. The highest BCUT2D eigenvalue weighted by atomic mass is 19.1. The van der Waals surface area contributed by atoms with Crippen LogP contribution in [0.5, 0.6) is 0 Å². The van der Waals surface area contributed by atoms with Gasteiger partial charge >= 0.3 is 12.1 Å². The molecule has 2 N–H and O–H groups in total. The van der Waals surface area contributed by atoms with Gasteiger partial charge in [0.2, 0.25) is 0 Å². The SMILES string of the molecule is O=C(O)CCN(Cc1ccccc1)C(=O)c1ccc(NC(=O)OCC2c3ccccc3-c3ccccc32)c(F)c1. The van der Waals surface area contributed by atoms with E-state index in [1.807, 2.05) is 78.9 Å². The van der Waals surface area contributed by atoms with Crippen molar-refractivity contribution in [1.82, 2.24) is 4.90 Å². The zero-order valence-electron chi connectivity index (χ0n) is 21.5. The van der Waals surface area contributed by atoms with Crippen molar-refractivity contribution in [2.24, 2.45) is 0 Å². The molecule has 0 aliphatic heterocycles. The number of anilines is 1. The molecule has 4 aromatic rings. The Hall–Kier alpha value is -4.98. The molecular weight excluding hydrogens is 511 g/mol. The highest BCUT2D eigenvalue weighted by molar-refractivity contribution is 5.95. The standard InChI is InChI=1S/C32H27FN2O5/c33-28-18-22(31(38)35(17-16-30(36)37)19-21-8-2-1-3-9-21)14-15-29(28)34-32(39)40-20-27-25-12-6-4-10-23(25)24-11-5-7-13-26(24)27/h1-15,18,27H,16-17,19-20H2,(H,34,39)(H,36,37). The molecule has 0 unspecified atom stereocenters. The molecule has 1 aliphatic carbocycles. The van der Waals surface area contributed by atoms with Crippen molar-refractivity contribution in [2.75, 3.05) is 18.5 Å². The van der Waals surface area contributed by atoms with E-state index in [0.29, 0.717) is 0 Å². The molecule has 4 aromatic carbocycles. The van der Waals surface area contributed by atoms with Gasteiger partial charge in [-0.25, -0.2) is 9.18 Å². The summed E-state index contributed by atoms with van der Waals surface area (Å²) in [7, 11) is 0. The van der Waals surface area contributed by atoms with Crippen LogP contribution in [0.25, 0.3) is 11.1 Å². The summed E-state index contributed by atoms with van der Waals surface area (Å²) >= 11 is 0. The van der Waals surface area contributed by atoms with Crippen LogP contribution in [-0.2, 0) is 16.1 Å². The predicted molar refractivity (Wildman–Crippen MR) is 149 cm³/mol. The molecule has 0 saturated heterocycles. The number of hydrogen-bond donors (Lipinski definition) is 2. The largest absolute Gasteiger partial charge is 0.481 e. The number of nitrogens with zero attached hydrogens (tertiary/aromatic N) is 1. The molecule has 0 aromatic heterocycles. The monoisotopic (exact) mass is 538 g/mol. The third-order valence-corrected chi connectivity index (χ3v) is 6.90. The van der Waals surface area contributed by atoms with Crippen LogP contribution in [-0.4, -0.2) is 41.1 Å². The first-order chi connectivity index (χ1) is 19.4. The molecule has 0 radical (unpaired) electrons. The Morgan fingerprint density at radius 3 is 2.10 bits per heavy atom. The van der Waals surface area contributed by atoms with Crippen LogP contribution in [0.2, 0.25) is 0 Å². The van der Waals surface area contributed by atoms with Gasteiger partial charge in [0.05, 0.1) is 12.1 Å². The van der Waals surface area contributed by atoms with E-state index in [0.717, 1.165) is 33.9 Å². The zero-order valence-corrected chi connectivity index (χ0v) is 21.5. The van der Waals surface area contributed by atoms with Gasteiger partial charge in [0, 0.05) is 24.6 Å². The molecule has 0 fully saturated rings. The predicted octanol–water partition coefficient (Wildman–Crippen LogP) is 6.30. The summed E-state index contributed by atoms with van der Waals surface area (Å²) in [6, 6.07) is 28.7. The third kappa shape index (κ3) is 5.86. The Morgan fingerprint density at radius 2 is 1.48 bits per heavy atom. The second-order valence-corrected chi connectivity index (χ2v) is 9.50. The third-order valence-electron chi connectivity index (χ3n) is 6.90. The van der Waals surface area contributed by atoms with Gasteiger partial charge in [-0.3, -0.25) is 14.9 Å². The molecule has 0 bridgehead atoms. The number of carbonyl (C=O) groups excluding carboxylic acids is 2. The summed E-state index contributed by atoms with van der Waals surface area (Å²) < 4.78 is 20.5. The quantitative estimate of drug-likeness (QED) is 0.261. The fourth-order valence-corrected chi connectivity index (χ4v) is 4.96.